The number of esters is 1. The lowest BCUT2D eigenvalue weighted by Gasteiger charge is -2.13. The molecule has 0 radical (unpaired) electrons. The van der Waals surface area contributed by atoms with E-state index in [0.29, 0.717) is 6.61 Å². The molecule has 0 bridgehead atoms. The van der Waals surface area contributed by atoms with Crippen LogP contribution >= 0.6 is 11.8 Å². The zero-order valence-corrected chi connectivity index (χ0v) is 11.1. The number of hydrogen-bond acceptors (Lipinski definition) is 3. The Hall–Kier alpha value is -0.180. The van der Waals surface area contributed by atoms with Gasteiger partial charge in [-0.05, 0) is 25.5 Å². The predicted octanol–water partition coefficient (Wildman–Crippen LogP) is 3.64. The summed E-state index contributed by atoms with van der Waals surface area (Å²) in [7, 11) is 0. The quantitative estimate of drug-likeness (QED) is 0.448. The van der Waals surface area contributed by atoms with E-state index in [9.17, 15) is 4.79 Å². The van der Waals surface area contributed by atoms with Gasteiger partial charge in [-0.15, -0.1) is 11.8 Å². The summed E-state index contributed by atoms with van der Waals surface area (Å²) in [6.45, 7) is 6.66. The van der Waals surface area contributed by atoms with E-state index in [4.69, 9.17) is 4.74 Å². The third-order valence-electron chi connectivity index (χ3n) is 2.17. The van der Waals surface area contributed by atoms with Crippen molar-refractivity contribution < 1.29 is 9.53 Å². The molecule has 90 valence electrons. The first-order valence-electron chi connectivity index (χ1n) is 6.04. The van der Waals surface area contributed by atoms with E-state index in [1.54, 1.807) is 11.8 Å². The van der Waals surface area contributed by atoms with Gasteiger partial charge in [0, 0.05) is 0 Å². The molecule has 0 heterocycles. The number of hydrogen-bond donors (Lipinski definition) is 0. The van der Waals surface area contributed by atoms with Crippen LogP contribution in [0, 0.1) is 0 Å². The van der Waals surface area contributed by atoms with Crippen LogP contribution in [0.2, 0.25) is 0 Å². The third-order valence-corrected chi connectivity index (χ3v) is 3.52. The van der Waals surface area contributed by atoms with Gasteiger partial charge in [0.05, 0.1) is 6.61 Å². The highest BCUT2D eigenvalue weighted by molar-refractivity contribution is 8.00. The summed E-state index contributed by atoms with van der Waals surface area (Å²) in [5, 5.41) is 0.0619. The highest BCUT2D eigenvalue weighted by Crippen LogP contribution is 2.19. The van der Waals surface area contributed by atoms with Crippen LogP contribution in [0.25, 0.3) is 0 Å². The predicted molar refractivity (Wildman–Crippen MR) is 67.3 cm³/mol. The average molecular weight is 232 g/mol. The van der Waals surface area contributed by atoms with Crippen molar-refractivity contribution >= 4 is 17.7 Å². The molecule has 0 aromatic heterocycles. The summed E-state index contributed by atoms with van der Waals surface area (Å²) in [6, 6.07) is 0. The topological polar surface area (TPSA) is 26.3 Å². The second kappa shape index (κ2) is 10.3. The molecule has 0 aliphatic heterocycles. The van der Waals surface area contributed by atoms with Crippen LogP contribution in [0.1, 0.15) is 52.9 Å². The molecule has 1 atom stereocenters. The summed E-state index contributed by atoms with van der Waals surface area (Å²) in [5.74, 6) is 1.05. The maximum atomic E-state index is 11.6. The van der Waals surface area contributed by atoms with Gasteiger partial charge in [-0.2, -0.15) is 0 Å². The van der Waals surface area contributed by atoms with Crippen LogP contribution in [0.5, 0.6) is 0 Å². The molecule has 2 nitrogen and oxygen atoms in total. The lowest BCUT2D eigenvalue weighted by molar-refractivity contribution is -0.142. The smallest absolute Gasteiger partial charge is 0.319 e. The molecular formula is C12H24O2S. The van der Waals surface area contributed by atoms with E-state index < -0.39 is 0 Å². The summed E-state index contributed by atoms with van der Waals surface area (Å²) in [4.78, 5) is 11.6. The normalized spacial score (nSPS) is 12.5. The number of unbranched alkanes of at least 4 members (excludes halogenated alkanes) is 2. The Bertz CT molecular complexity index is 160. The van der Waals surface area contributed by atoms with Crippen LogP contribution < -0.4 is 0 Å². The van der Waals surface area contributed by atoms with Gasteiger partial charge in [0.2, 0.25) is 0 Å². The molecule has 15 heavy (non-hydrogen) atoms. The summed E-state index contributed by atoms with van der Waals surface area (Å²) >= 11 is 1.76. The van der Waals surface area contributed by atoms with Gasteiger partial charge < -0.3 is 4.74 Å². The SMILES string of the molecule is CCCCCSC(CCC)C(=O)OCC. The molecule has 0 aromatic rings. The van der Waals surface area contributed by atoms with E-state index in [-0.39, 0.29) is 11.2 Å². The Morgan fingerprint density at radius 3 is 2.47 bits per heavy atom. The van der Waals surface area contributed by atoms with E-state index in [1.807, 2.05) is 6.92 Å². The largest absolute Gasteiger partial charge is 0.465 e. The van der Waals surface area contributed by atoms with Gasteiger partial charge >= 0.3 is 5.97 Å². The van der Waals surface area contributed by atoms with Crippen molar-refractivity contribution in [2.75, 3.05) is 12.4 Å². The molecule has 0 aliphatic carbocycles. The van der Waals surface area contributed by atoms with Crippen LogP contribution in [-0.2, 0) is 9.53 Å². The first-order chi connectivity index (χ1) is 7.26. The molecule has 0 N–H and O–H groups in total. The minimum atomic E-state index is -0.0270. The Labute approximate surface area is 98.2 Å². The van der Waals surface area contributed by atoms with Crippen molar-refractivity contribution in [1.82, 2.24) is 0 Å². The minimum absolute atomic E-state index is 0.0270. The second-order valence-electron chi connectivity index (χ2n) is 3.61. The summed E-state index contributed by atoms with van der Waals surface area (Å²) in [5.41, 5.74) is 0. The van der Waals surface area contributed by atoms with E-state index in [1.165, 1.54) is 19.3 Å². The lowest BCUT2D eigenvalue weighted by atomic mass is 10.2. The number of carbonyl (C=O) groups is 1. The molecule has 3 heteroatoms. The second-order valence-corrected chi connectivity index (χ2v) is 4.92. The third kappa shape index (κ3) is 7.71. The van der Waals surface area contributed by atoms with Gasteiger partial charge in [0.1, 0.15) is 5.25 Å². The molecule has 0 fully saturated rings. The van der Waals surface area contributed by atoms with Crippen molar-refractivity contribution in [2.24, 2.45) is 0 Å². The van der Waals surface area contributed by atoms with Crippen molar-refractivity contribution in [3.05, 3.63) is 0 Å². The summed E-state index contributed by atoms with van der Waals surface area (Å²) < 4.78 is 5.05. The highest BCUT2D eigenvalue weighted by Gasteiger charge is 2.18. The molecule has 0 saturated heterocycles. The molecule has 0 amide bonds. The monoisotopic (exact) mass is 232 g/mol. The first-order valence-corrected chi connectivity index (χ1v) is 7.09. The van der Waals surface area contributed by atoms with Crippen LogP contribution in [-0.4, -0.2) is 23.6 Å². The Kier molecular flexibility index (Phi) is 10.2. The van der Waals surface area contributed by atoms with Crippen LogP contribution in [0.4, 0.5) is 0 Å². The molecule has 0 saturated carbocycles. The number of ether oxygens (including phenoxy) is 1. The molecule has 1 unspecified atom stereocenters. The van der Waals surface area contributed by atoms with Gasteiger partial charge in [-0.25, -0.2) is 0 Å². The van der Waals surface area contributed by atoms with E-state index >= 15 is 0 Å². The zero-order valence-electron chi connectivity index (χ0n) is 10.3. The van der Waals surface area contributed by atoms with E-state index in [0.717, 1.165) is 18.6 Å². The van der Waals surface area contributed by atoms with Gasteiger partial charge in [-0.3, -0.25) is 4.79 Å². The van der Waals surface area contributed by atoms with Crippen molar-refractivity contribution in [3.63, 3.8) is 0 Å². The van der Waals surface area contributed by atoms with Crippen molar-refractivity contribution in [3.8, 4) is 0 Å². The highest BCUT2D eigenvalue weighted by atomic mass is 32.2. The number of thioether (sulfide) groups is 1. The molecule has 0 aliphatic rings. The molecule has 0 aromatic carbocycles. The molecule has 0 spiro atoms. The fourth-order valence-electron chi connectivity index (χ4n) is 1.34. The van der Waals surface area contributed by atoms with Gasteiger partial charge in [-0.1, -0.05) is 33.1 Å². The number of carbonyl (C=O) groups excluding carboxylic acids is 1. The van der Waals surface area contributed by atoms with Crippen molar-refractivity contribution in [1.29, 1.82) is 0 Å². The summed E-state index contributed by atoms with van der Waals surface area (Å²) in [6.07, 6.45) is 5.69. The van der Waals surface area contributed by atoms with E-state index in [2.05, 4.69) is 13.8 Å². The minimum Gasteiger partial charge on any atom is -0.465 e. The first kappa shape index (κ1) is 14.8. The van der Waals surface area contributed by atoms with Gasteiger partial charge in [0.15, 0.2) is 0 Å². The maximum Gasteiger partial charge on any atom is 0.319 e. The Balaban J connectivity index is 3.76. The average Bonchev–Trinajstić information content (AvgIpc) is 2.23. The fraction of sp³-hybridized carbons (Fsp3) is 0.917. The Morgan fingerprint density at radius 1 is 1.20 bits per heavy atom. The molecular weight excluding hydrogens is 208 g/mol. The van der Waals surface area contributed by atoms with Crippen LogP contribution in [0.15, 0.2) is 0 Å². The fourth-order valence-corrected chi connectivity index (χ4v) is 2.61. The lowest BCUT2D eigenvalue weighted by Crippen LogP contribution is -2.20. The maximum absolute atomic E-state index is 11.6. The molecule has 0 rings (SSSR count). The van der Waals surface area contributed by atoms with Crippen LogP contribution in [0.3, 0.4) is 0 Å². The standard InChI is InChI=1S/C12H24O2S/c1-4-7-8-10-15-11(9-5-2)12(13)14-6-3/h11H,4-10H2,1-3H3. The zero-order chi connectivity index (χ0) is 11.5. The van der Waals surface area contributed by atoms with Crippen molar-refractivity contribution in [2.45, 2.75) is 58.1 Å². The van der Waals surface area contributed by atoms with Gasteiger partial charge in [0.25, 0.3) is 0 Å². The number of rotatable bonds is 9. The Morgan fingerprint density at radius 2 is 1.93 bits per heavy atom.